The summed E-state index contributed by atoms with van der Waals surface area (Å²) in [6, 6.07) is 16.5. The SMILES string of the molecule is CCn1c(SCC(=O)Nc2ccccc2)nnc1[C@H](NC(=O)c1ccc(C)cc1)C(C)C. The van der Waals surface area contributed by atoms with Crippen molar-refractivity contribution < 1.29 is 9.59 Å². The molecule has 2 aromatic carbocycles. The highest BCUT2D eigenvalue weighted by atomic mass is 32.2. The number of carbonyl (C=O) groups is 2. The number of hydrogen-bond acceptors (Lipinski definition) is 5. The van der Waals surface area contributed by atoms with Gasteiger partial charge in [0.05, 0.1) is 11.8 Å². The molecule has 0 saturated carbocycles. The average Bonchev–Trinajstić information content (AvgIpc) is 3.19. The Morgan fingerprint density at radius 3 is 2.34 bits per heavy atom. The highest BCUT2D eigenvalue weighted by Crippen LogP contribution is 2.25. The van der Waals surface area contributed by atoms with Gasteiger partial charge in [-0.3, -0.25) is 9.59 Å². The zero-order valence-electron chi connectivity index (χ0n) is 18.8. The molecule has 0 aliphatic rings. The maximum Gasteiger partial charge on any atom is 0.251 e. The fourth-order valence-electron chi connectivity index (χ4n) is 3.24. The van der Waals surface area contributed by atoms with Crippen LogP contribution in [0, 0.1) is 12.8 Å². The third-order valence-corrected chi connectivity index (χ3v) is 5.96. The molecule has 1 aromatic heterocycles. The van der Waals surface area contributed by atoms with Crippen molar-refractivity contribution in [1.29, 1.82) is 0 Å². The molecule has 0 bridgehead atoms. The van der Waals surface area contributed by atoms with Gasteiger partial charge < -0.3 is 15.2 Å². The van der Waals surface area contributed by atoms with Crippen LogP contribution in [-0.4, -0.2) is 32.3 Å². The van der Waals surface area contributed by atoms with Gasteiger partial charge in [-0.15, -0.1) is 10.2 Å². The normalized spacial score (nSPS) is 11.9. The number of benzene rings is 2. The molecule has 168 valence electrons. The van der Waals surface area contributed by atoms with E-state index in [9.17, 15) is 9.59 Å². The molecule has 2 N–H and O–H groups in total. The van der Waals surface area contributed by atoms with Gasteiger partial charge in [0.15, 0.2) is 11.0 Å². The number of nitrogens with one attached hydrogen (secondary N) is 2. The van der Waals surface area contributed by atoms with Crippen molar-refractivity contribution in [2.75, 3.05) is 11.1 Å². The van der Waals surface area contributed by atoms with Crippen LogP contribution < -0.4 is 10.6 Å². The number of rotatable bonds is 9. The number of aromatic nitrogens is 3. The van der Waals surface area contributed by atoms with Gasteiger partial charge in [0.1, 0.15) is 0 Å². The minimum Gasteiger partial charge on any atom is -0.342 e. The van der Waals surface area contributed by atoms with Gasteiger partial charge in [0, 0.05) is 17.8 Å². The number of anilines is 1. The molecule has 32 heavy (non-hydrogen) atoms. The van der Waals surface area contributed by atoms with E-state index < -0.39 is 0 Å². The number of amides is 2. The molecule has 0 fully saturated rings. The molecule has 3 aromatic rings. The summed E-state index contributed by atoms with van der Waals surface area (Å²) in [6.07, 6.45) is 0. The Bertz CT molecular complexity index is 1050. The Morgan fingerprint density at radius 1 is 1.03 bits per heavy atom. The minimum atomic E-state index is -0.302. The lowest BCUT2D eigenvalue weighted by Gasteiger charge is -2.22. The molecule has 7 nitrogen and oxygen atoms in total. The summed E-state index contributed by atoms with van der Waals surface area (Å²) >= 11 is 1.33. The van der Waals surface area contributed by atoms with Crippen molar-refractivity contribution in [1.82, 2.24) is 20.1 Å². The van der Waals surface area contributed by atoms with Gasteiger partial charge >= 0.3 is 0 Å². The van der Waals surface area contributed by atoms with Crippen LogP contribution in [0.1, 0.15) is 48.6 Å². The van der Waals surface area contributed by atoms with E-state index in [-0.39, 0.29) is 29.5 Å². The van der Waals surface area contributed by atoms with Crippen molar-refractivity contribution in [2.45, 2.75) is 45.4 Å². The van der Waals surface area contributed by atoms with E-state index in [1.807, 2.05) is 86.9 Å². The molecule has 1 atom stereocenters. The molecular weight excluding hydrogens is 422 g/mol. The maximum absolute atomic E-state index is 12.8. The van der Waals surface area contributed by atoms with E-state index in [1.165, 1.54) is 11.8 Å². The van der Waals surface area contributed by atoms with Crippen LogP contribution in [-0.2, 0) is 11.3 Å². The van der Waals surface area contributed by atoms with E-state index in [4.69, 9.17) is 0 Å². The monoisotopic (exact) mass is 451 g/mol. The summed E-state index contributed by atoms with van der Waals surface area (Å²) in [5.74, 6) is 0.758. The van der Waals surface area contributed by atoms with E-state index >= 15 is 0 Å². The Hall–Kier alpha value is -3.13. The number of hydrogen-bond donors (Lipinski definition) is 2. The summed E-state index contributed by atoms with van der Waals surface area (Å²) < 4.78 is 1.96. The summed E-state index contributed by atoms with van der Waals surface area (Å²) in [7, 11) is 0. The second-order valence-electron chi connectivity index (χ2n) is 7.85. The number of aryl methyl sites for hydroxylation is 1. The zero-order valence-corrected chi connectivity index (χ0v) is 19.6. The highest BCUT2D eigenvalue weighted by molar-refractivity contribution is 7.99. The molecule has 0 radical (unpaired) electrons. The first kappa shape index (κ1) is 23.5. The predicted octanol–water partition coefficient (Wildman–Crippen LogP) is 4.46. The van der Waals surface area contributed by atoms with Crippen molar-refractivity contribution in [2.24, 2.45) is 5.92 Å². The molecule has 1 heterocycles. The summed E-state index contributed by atoms with van der Waals surface area (Å²) in [4.78, 5) is 25.1. The molecule has 3 rings (SSSR count). The summed E-state index contributed by atoms with van der Waals surface area (Å²) in [5.41, 5.74) is 2.47. The topological polar surface area (TPSA) is 88.9 Å². The van der Waals surface area contributed by atoms with Crippen LogP contribution in [0.3, 0.4) is 0 Å². The lowest BCUT2D eigenvalue weighted by molar-refractivity contribution is -0.113. The van der Waals surface area contributed by atoms with Crippen molar-refractivity contribution in [3.05, 3.63) is 71.5 Å². The number of para-hydroxylation sites is 1. The van der Waals surface area contributed by atoms with Crippen LogP contribution in [0.4, 0.5) is 5.69 Å². The summed E-state index contributed by atoms with van der Waals surface area (Å²) in [6.45, 7) is 8.69. The Morgan fingerprint density at radius 2 is 1.72 bits per heavy atom. The third kappa shape index (κ3) is 5.97. The quantitative estimate of drug-likeness (QED) is 0.469. The fourth-order valence-corrected chi connectivity index (χ4v) is 4.05. The Kier molecular flexibility index (Phi) is 8.05. The van der Waals surface area contributed by atoms with Gasteiger partial charge in [-0.25, -0.2) is 0 Å². The van der Waals surface area contributed by atoms with Crippen LogP contribution in [0.5, 0.6) is 0 Å². The van der Waals surface area contributed by atoms with E-state index in [0.717, 1.165) is 11.3 Å². The molecule has 0 aliphatic carbocycles. The van der Waals surface area contributed by atoms with Gasteiger partial charge in [-0.1, -0.05) is 61.5 Å². The second-order valence-corrected chi connectivity index (χ2v) is 8.79. The molecule has 0 aliphatic heterocycles. The lowest BCUT2D eigenvalue weighted by Crippen LogP contribution is -2.33. The fraction of sp³-hybridized carbons (Fsp3) is 0.333. The molecular formula is C24H29N5O2S. The van der Waals surface area contributed by atoms with Crippen molar-refractivity contribution in [3.8, 4) is 0 Å². The molecule has 8 heteroatoms. The average molecular weight is 452 g/mol. The molecule has 0 unspecified atom stereocenters. The van der Waals surface area contributed by atoms with Gasteiger partial charge in [0.25, 0.3) is 5.91 Å². The second kappa shape index (κ2) is 10.9. The number of thioether (sulfide) groups is 1. The van der Waals surface area contributed by atoms with Crippen LogP contribution in [0.25, 0.3) is 0 Å². The predicted molar refractivity (Wildman–Crippen MR) is 128 cm³/mol. The first-order valence-electron chi connectivity index (χ1n) is 10.7. The van der Waals surface area contributed by atoms with Gasteiger partial charge in [-0.05, 0) is 44.0 Å². The van der Waals surface area contributed by atoms with E-state index in [0.29, 0.717) is 23.1 Å². The molecule has 0 saturated heterocycles. The Labute approximate surface area is 193 Å². The van der Waals surface area contributed by atoms with E-state index in [2.05, 4.69) is 20.8 Å². The van der Waals surface area contributed by atoms with Gasteiger partial charge in [0.2, 0.25) is 5.91 Å². The largest absolute Gasteiger partial charge is 0.342 e. The number of carbonyl (C=O) groups excluding carboxylic acids is 2. The van der Waals surface area contributed by atoms with Crippen molar-refractivity contribution >= 4 is 29.3 Å². The standard InChI is InChI=1S/C24H29N5O2S/c1-5-29-22(21(16(2)3)26-23(31)18-13-11-17(4)12-14-18)27-28-24(29)32-15-20(30)25-19-9-7-6-8-10-19/h6-14,16,21H,5,15H2,1-4H3,(H,25,30)(H,26,31)/t21-/m1/s1. The van der Waals surface area contributed by atoms with Crippen LogP contribution >= 0.6 is 11.8 Å². The molecule has 0 spiro atoms. The van der Waals surface area contributed by atoms with Crippen LogP contribution in [0.15, 0.2) is 59.8 Å². The smallest absolute Gasteiger partial charge is 0.251 e. The maximum atomic E-state index is 12.8. The minimum absolute atomic E-state index is 0.109. The van der Waals surface area contributed by atoms with E-state index in [1.54, 1.807) is 0 Å². The zero-order chi connectivity index (χ0) is 23.1. The third-order valence-electron chi connectivity index (χ3n) is 5.00. The lowest BCUT2D eigenvalue weighted by atomic mass is 10.0. The number of nitrogens with zero attached hydrogens (tertiary/aromatic N) is 3. The van der Waals surface area contributed by atoms with Crippen LogP contribution in [0.2, 0.25) is 0 Å². The van der Waals surface area contributed by atoms with Crippen molar-refractivity contribution in [3.63, 3.8) is 0 Å². The first-order valence-corrected chi connectivity index (χ1v) is 11.7. The Balaban J connectivity index is 1.71. The van der Waals surface area contributed by atoms with Gasteiger partial charge in [-0.2, -0.15) is 0 Å². The summed E-state index contributed by atoms with van der Waals surface area (Å²) in [5, 5.41) is 15.3. The highest BCUT2D eigenvalue weighted by Gasteiger charge is 2.26. The molecule has 2 amide bonds. The first-order chi connectivity index (χ1) is 15.4.